The quantitative estimate of drug-likeness (QED) is 0.145. The number of non-ortho nitro benzene ring substituents is 1. The van der Waals surface area contributed by atoms with Crippen LogP contribution in [0.25, 0.3) is 0 Å². The van der Waals surface area contributed by atoms with E-state index in [0.717, 1.165) is 12.2 Å². The van der Waals surface area contributed by atoms with Gasteiger partial charge in [0, 0.05) is 12.1 Å². The number of nitro groups is 1. The van der Waals surface area contributed by atoms with Gasteiger partial charge in [-0.2, -0.15) is 21.6 Å². The minimum Gasteiger partial charge on any atom is -0.494 e. The first-order chi connectivity index (χ1) is 14.2. The van der Waals surface area contributed by atoms with Crippen molar-refractivity contribution in [3.63, 3.8) is 0 Å². The first-order valence-electron chi connectivity index (χ1n) is 9.61. The van der Waals surface area contributed by atoms with Crippen LogP contribution in [-0.4, -0.2) is 11.5 Å². The zero-order valence-electron chi connectivity index (χ0n) is 16.1. The van der Waals surface area contributed by atoms with Crippen LogP contribution < -0.4 is 4.74 Å². The monoisotopic (exact) mass is 409 g/mol. The predicted octanol–water partition coefficient (Wildman–Crippen LogP) is 7.25. The fourth-order valence-corrected chi connectivity index (χ4v) is 3.48. The molecule has 0 N–H and O–H groups in total. The molecule has 0 unspecified atom stereocenters. The zero-order valence-corrected chi connectivity index (χ0v) is 16.9. The number of thiophene rings is 1. The van der Waals surface area contributed by atoms with Crippen LogP contribution in [0.5, 0.6) is 5.75 Å². The summed E-state index contributed by atoms with van der Waals surface area (Å²) in [5, 5.41) is 23.2. The molecule has 0 amide bonds. The van der Waals surface area contributed by atoms with Crippen LogP contribution in [-0.2, 0) is 6.42 Å². The fourth-order valence-electron chi connectivity index (χ4n) is 2.78. The summed E-state index contributed by atoms with van der Waals surface area (Å²) in [5.74, 6) is 0.817. The molecule has 0 radical (unpaired) electrons. The van der Waals surface area contributed by atoms with E-state index in [1.165, 1.54) is 43.4 Å². The molecule has 3 aromatic rings. The van der Waals surface area contributed by atoms with Gasteiger partial charge < -0.3 is 4.74 Å². The summed E-state index contributed by atoms with van der Waals surface area (Å²) in [5.41, 5.74) is 2.74. The Morgan fingerprint density at radius 2 is 1.52 bits per heavy atom. The molecule has 0 aliphatic heterocycles. The molecule has 1 aromatic heterocycles. The van der Waals surface area contributed by atoms with Gasteiger partial charge in [0.05, 0.1) is 22.9 Å². The number of nitrogens with zero attached hydrogens (tertiary/aromatic N) is 3. The second kappa shape index (κ2) is 11.1. The van der Waals surface area contributed by atoms with Crippen molar-refractivity contribution in [2.75, 3.05) is 6.61 Å². The van der Waals surface area contributed by atoms with Gasteiger partial charge in [-0.3, -0.25) is 10.1 Å². The van der Waals surface area contributed by atoms with E-state index in [2.05, 4.69) is 27.1 Å². The number of benzene rings is 2. The molecule has 0 aliphatic carbocycles. The van der Waals surface area contributed by atoms with Gasteiger partial charge in [-0.05, 0) is 78.1 Å². The number of hydrogen-bond donors (Lipinski definition) is 0. The summed E-state index contributed by atoms with van der Waals surface area (Å²) >= 11 is 1.76. The van der Waals surface area contributed by atoms with Gasteiger partial charge in [0.1, 0.15) is 5.75 Å². The number of nitro benzene ring substituents is 1. The molecule has 0 bridgehead atoms. The molecule has 7 heteroatoms. The van der Waals surface area contributed by atoms with Crippen LogP contribution in [0.1, 0.15) is 31.2 Å². The number of unbranched alkanes of at least 4 members (excludes halogenated alkanes) is 3. The highest BCUT2D eigenvalue weighted by Gasteiger charge is 2.03. The van der Waals surface area contributed by atoms with E-state index in [1.807, 2.05) is 24.3 Å². The lowest BCUT2D eigenvalue weighted by Gasteiger charge is -2.06. The Kier molecular flexibility index (Phi) is 7.89. The Bertz CT molecular complexity index is 907. The van der Waals surface area contributed by atoms with E-state index >= 15 is 0 Å². The van der Waals surface area contributed by atoms with E-state index in [0.29, 0.717) is 18.0 Å². The van der Waals surface area contributed by atoms with Crippen LogP contribution in [0.2, 0.25) is 0 Å². The van der Waals surface area contributed by atoms with E-state index in [4.69, 9.17) is 4.74 Å². The Morgan fingerprint density at radius 3 is 2.14 bits per heavy atom. The summed E-state index contributed by atoms with van der Waals surface area (Å²) in [6.07, 6.45) is 5.84. The normalized spacial score (nSPS) is 11.0. The average Bonchev–Trinajstić information content (AvgIpc) is 3.26. The summed E-state index contributed by atoms with van der Waals surface area (Å²) in [6.45, 7) is 0.710. The molecule has 0 atom stereocenters. The standard InChI is InChI=1S/C22H23N3O3S/c26-25(27)21-10-6-19(7-11-21)23-24-20-8-12-22(13-9-20)28-15-4-2-1-3-5-18-14-16-29-17-18/h6-14,16-17H,1-5,15H2. The maximum Gasteiger partial charge on any atom is 0.269 e. The number of rotatable bonds is 11. The van der Waals surface area contributed by atoms with Gasteiger partial charge in [0.2, 0.25) is 0 Å². The van der Waals surface area contributed by atoms with E-state index in [-0.39, 0.29) is 5.69 Å². The van der Waals surface area contributed by atoms with Gasteiger partial charge in [0.25, 0.3) is 5.69 Å². The van der Waals surface area contributed by atoms with Crippen molar-refractivity contribution >= 4 is 28.4 Å². The van der Waals surface area contributed by atoms with Crippen molar-refractivity contribution in [3.8, 4) is 5.75 Å². The fraction of sp³-hybridized carbons (Fsp3) is 0.273. The van der Waals surface area contributed by atoms with Gasteiger partial charge in [0.15, 0.2) is 0 Å². The lowest BCUT2D eigenvalue weighted by Crippen LogP contribution is -1.97. The molecule has 0 saturated heterocycles. The highest BCUT2D eigenvalue weighted by atomic mass is 32.1. The number of ether oxygens (including phenoxy) is 1. The molecule has 29 heavy (non-hydrogen) atoms. The summed E-state index contributed by atoms with van der Waals surface area (Å²) in [7, 11) is 0. The van der Waals surface area contributed by atoms with Gasteiger partial charge >= 0.3 is 0 Å². The molecular formula is C22H23N3O3S. The summed E-state index contributed by atoms with van der Waals surface area (Å²) in [4.78, 5) is 10.2. The second-order valence-corrected chi connectivity index (χ2v) is 7.39. The Hall–Kier alpha value is -3.06. The second-order valence-electron chi connectivity index (χ2n) is 6.61. The molecule has 3 rings (SSSR count). The molecule has 0 fully saturated rings. The molecule has 6 nitrogen and oxygen atoms in total. The maximum absolute atomic E-state index is 10.6. The summed E-state index contributed by atoms with van der Waals surface area (Å²) in [6, 6.07) is 15.6. The largest absolute Gasteiger partial charge is 0.494 e. The molecule has 1 heterocycles. The Labute approximate surface area is 174 Å². The average molecular weight is 410 g/mol. The van der Waals surface area contributed by atoms with Crippen molar-refractivity contribution in [3.05, 3.63) is 81.0 Å². The van der Waals surface area contributed by atoms with Crippen LogP contribution in [0.4, 0.5) is 17.1 Å². The topological polar surface area (TPSA) is 77.1 Å². The van der Waals surface area contributed by atoms with Crippen LogP contribution in [0.3, 0.4) is 0 Å². The van der Waals surface area contributed by atoms with Gasteiger partial charge in [-0.15, -0.1) is 0 Å². The molecular weight excluding hydrogens is 386 g/mol. The Balaban J connectivity index is 1.34. The van der Waals surface area contributed by atoms with Crippen molar-refractivity contribution < 1.29 is 9.66 Å². The smallest absolute Gasteiger partial charge is 0.269 e. The molecule has 0 spiro atoms. The lowest BCUT2D eigenvalue weighted by molar-refractivity contribution is -0.384. The van der Waals surface area contributed by atoms with Crippen LogP contribution in [0.15, 0.2) is 75.6 Å². The minimum absolute atomic E-state index is 0.0351. The highest BCUT2D eigenvalue weighted by molar-refractivity contribution is 7.07. The predicted molar refractivity (Wildman–Crippen MR) is 116 cm³/mol. The molecule has 0 saturated carbocycles. The van der Waals surface area contributed by atoms with Crippen molar-refractivity contribution in [2.24, 2.45) is 10.2 Å². The molecule has 150 valence electrons. The van der Waals surface area contributed by atoms with Crippen LogP contribution >= 0.6 is 11.3 Å². The lowest BCUT2D eigenvalue weighted by atomic mass is 10.1. The van der Waals surface area contributed by atoms with E-state index in [9.17, 15) is 10.1 Å². The van der Waals surface area contributed by atoms with E-state index in [1.54, 1.807) is 23.5 Å². The van der Waals surface area contributed by atoms with Crippen molar-refractivity contribution in [1.29, 1.82) is 0 Å². The number of aryl methyl sites for hydroxylation is 1. The SMILES string of the molecule is O=[N+]([O-])c1ccc(N=Nc2ccc(OCCCCCCc3ccsc3)cc2)cc1. The molecule has 2 aromatic carbocycles. The third kappa shape index (κ3) is 7.12. The first kappa shape index (κ1) is 20.7. The third-order valence-electron chi connectivity index (χ3n) is 4.39. The van der Waals surface area contributed by atoms with E-state index < -0.39 is 4.92 Å². The number of hydrogen-bond acceptors (Lipinski definition) is 6. The first-order valence-corrected chi connectivity index (χ1v) is 10.5. The zero-order chi connectivity index (χ0) is 20.3. The van der Waals surface area contributed by atoms with Gasteiger partial charge in [-0.1, -0.05) is 12.8 Å². The molecule has 0 aliphatic rings. The minimum atomic E-state index is -0.440. The summed E-state index contributed by atoms with van der Waals surface area (Å²) < 4.78 is 5.78. The van der Waals surface area contributed by atoms with Crippen LogP contribution in [0, 0.1) is 10.1 Å². The third-order valence-corrected chi connectivity index (χ3v) is 5.12. The van der Waals surface area contributed by atoms with Gasteiger partial charge in [-0.25, -0.2) is 0 Å². The van der Waals surface area contributed by atoms with Crippen molar-refractivity contribution in [2.45, 2.75) is 32.1 Å². The maximum atomic E-state index is 10.6. The van der Waals surface area contributed by atoms with Crippen molar-refractivity contribution in [1.82, 2.24) is 0 Å². The Morgan fingerprint density at radius 1 is 0.862 bits per heavy atom. The highest BCUT2D eigenvalue weighted by Crippen LogP contribution is 2.23. The number of azo groups is 1.